The largest absolute Gasteiger partial charge is 0.381 e. The molecule has 0 saturated carbocycles. The molecule has 48 valence electrons. The van der Waals surface area contributed by atoms with E-state index in [0.29, 0.717) is 5.92 Å². The number of hydrogen-bond donors (Lipinski definition) is 0. The summed E-state index contributed by atoms with van der Waals surface area (Å²) in [7, 11) is 1.70. The lowest BCUT2D eigenvalue weighted by atomic mass is 10.2. The van der Waals surface area contributed by atoms with Crippen molar-refractivity contribution in [2.24, 2.45) is 5.92 Å². The van der Waals surface area contributed by atoms with Gasteiger partial charge in [-0.15, -0.1) is 0 Å². The van der Waals surface area contributed by atoms with Gasteiger partial charge in [-0.1, -0.05) is 26.0 Å². The summed E-state index contributed by atoms with van der Waals surface area (Å²) in [5.41, 5.74) is 0. The highest BCUT2D eigenvalue weighted by molar-refractivity contribution is 4.83. The molecule has 0 rings (SSSR count). The molecule has 1 heteroatoms. The lowest BCUT2D eigenvalue weighted by molar-refractivity contribution is 0.233. The first kappa shape index (κ1) is 7.70. The Labute approximate surface area is 51.4 Å². The molecule has 1 nitrogen and oxygen atoms in total. The predicted octanol–water partition coefficient (Wildman–Crippen LogP) is 1.85. The van der Waals surface area contributed by atoms with Crippen molar-refractivity contribution in [3.8, 4) is 0 Å². The topological polar surface area (TPSA) is 9.23 Å². The molecule has 0 heterocycles. The molecule has 0 aromatic heterocycles. The smallest absolute Gasteiger partial charge is 0.0643 e. The standard InChI is InChI=1S/C7H14O/c1-7(2)5-4-6-8-3/h4-5,7H,6H2,1-3H3/b5-4-. The van der Waals surface area contributed by atoms with Gasteiger partial charge in [0.25, 0.3) is 0 Å². The molecule has 0 atom stereocenters. The van der Waals surface area contributed by atoms with Gasteiger partial charge in [0.1, 0.15) is 0 Å². The third kappa shape index (κ3) is 5.70. The zero-order valence-electron chi connectivity index (χ0n) is 5.85. The highest BCUT2D eigenvalue weighted by Crippen LogP contribution is 1.91. The van der Waals surface area contributed by atoms with Crippen LogP contribution in [0.4, 0.5) is 0 Å². The third-order valence-electron chi connectivity index (χ3n) is 0.784. The second-order valence-electron chi connectivity index (χ2n) is 2.13. The van der Waals surface area contributed by atoms with E-state index in [9.17, 15) is 0 Å². The van der Waals surface area contributed by atoms with Gasteiger partial charge in [0.15, 0.2) is 0 Å². The minimum Gasteiger partial charge on any atom is -0.381 e. The first-order chi connectivity index (χ1) is 3.77. The lowest BCUT2D eigenvalue weighted by Crippen LogP contribution is -1.83. The number of ether oxygens (including phenoxy) is 1. The van der Waals surface area contributed by atoms with Crippen molar-refractivity contribution in [2.45, 2.75) is 13.8 Å². The number of rotatable bonds is 3. The number of hydrogen-bond acceptors (Lipinski definition) is 1. The summed E-state index contributed by atoms with van der Waals surface area (Å²) in [6.45, 7) is 5.02. The summed E-state index contributed by atoms with van der Waals surface area (Å²) in [5, 5.41) is 0. The van der Waals surface area contributed by atoms with Gasteiger partial charge >= 0.3 is 0 Å². The third-order valence-corrected chi connectivity index (χ3v) is 0.784. The van der Waals surface area contributed by atoms with Gasteiger partial charge in [-0.2, -0.15) is 0 Å². The Balaban J connectivity index is 3.07. The highest BCUT2D eigenvalue weighted by Gasteiger charge is 1.80. The molecule has 0 bridgehead atoms. The molecule has 8 heavy (non-hydrogen) atoms. The fourth-order valence-electron chi connectivity index (χ4n) is 0.424. The molecule has 0 aliphatic carbocycles. The van der Waals surface area contributed by atoms with Gasteiger partial charge in [-0.3, -0.25) is 0 Å². The van der Waals surface area contributed by atoms with E-state index in [1.807, 2.05) is 6.08 Å². The second kappa shape index (κ2) is 4.85. The van der Waals surface area contributed by atoms with Crippen LogP contribution in [-0.4, -0.2) is 13.7 Å². The Morgan fingerprint density at radius 2 is 2.12 bits per heavy atom. The van der Waals surface area contributed by atoms with Gasteiger partial charge in [0, 0.05) is 7.11 Å². The van der Waals surface area contributed by atoms with E-state index in [1.54, 1.807) is 7.11 Å². The van der Waals surface area contributed by atoms with Crippen LogP contribution in [0.25, 0.3) is 0 Å². The summed E-state index contributed by atoms with van der Waals surface area (Å²) in [6, 6.07) is 0. The average Bonchev–Trinajstić information content (AvgIpc) is 1.66. The van der Waals surface area contributed by atoms with Gasteiger partial charge < -0.3 is 4.74 Å². The van der Waals surface area contributed by atoms with E-state index < -0.39 is 0 Å². The number of allylic oxidation sites excluding steroid dienone is 1. The Kier molecular flexibility index (Phi) is 4.67. The van der Waals surface area contributed by atoms with E-state index in [4.69, 9.17) is 4.74 Å². The average molecular weight is 114 g/mol. The van der Waals surface area contributed by atoms with E-state index in [2.05, 4.69) is 19.9 Å². The van der Waals surface area contributed by atoms with Crippen molar-refractivity contribution in [2.75, 3.05) is 13.7 Å². The van der Waals surface area contributed by atoms with Crippen molar-refractivity contribution in [1.29, 1.82) is 0 Å². The normalized spacial score (nSPS) is 11.5. The van der Waals surface area contributed by atoms with Crippen LogP contribution in [-0.2, 0) is 4.74 Å². The van der Waals surface area contributed by atoms with E-state index >= 15 is 0 Å². The van der Waals surface area contributed by atoms with E-state index in [0.717, 1.165) is 6.61 Å². The molecule has 0 aliphatic rings. The van der Waals surface area contributed by atoms with Crippen LogP contribution in [0, 0.1) is 5.92 Å². The van der Waals surface area contributed by atoms with Crippen LogP contribution < -0.4 is 0 Å². The summed E-state index contributed by atoms with van der Waals surface area (Å²) in [4.78, 5) is 0. The molecule has 0 radical (unpaired) electrons. The highest BCUT2D eigenvalue weighted by atomic mass is 16.5. The molecule has 0 aromatic carbocycles. The molecule has 0 N–H and O–H groups in total. The maximum absolute atomic E-state index is 4.81. The van der Waals surface area contributed by atoms with Gasteiger partial charge in [-0.25, -0.2) is 0 Å². The maximum Gasteiger partial charge on any atom is 0.0643 e. The zero-order valence-corrected chi connectivity index (χ0v) is 5.85. The molecular formula is C7H14O. The van der Waals surface area contributed by atoms with E-state index in [-0.39, 0.29) is 0 Å². The van der Waals surface area contributed by atoms with Gasteiger partial charge in [0.05, 0.1) is 6.61 Å². The minimum atomic E-state index is 0.644. The monoisotopic (exact) mass is 114 g/mol. The van der Waals surface area contributed by atoms with Crippen LogP contribution >= 0.6 is 0 Å². The Hall–Kier alpha value is -0.300. The van der Waals surface area contributed by atoms with Crippen LogP contribution in [0.3, 0.4) is 0 Å². The van der Waals surface area contributed by atoms with E-state index in [1.165, 1.54) is 0 Å². The van der Waals surface area contributed by atoms with Gasteiger partial charge in [-0.05, 0) is 5.92 Å². The summed E-state index contributed by atoms with van der Waals surface area (Å²) in [5.74, 6) is 0.644. The molecule has 0 saturated heterocycles. The molecule has 0 aromatic rings. The Morgan fingerprint density at radius 3 is 2.50 bits per heavy atom. The quantitative estimate of drug-likeness (QED) is 0.509. The SMILES string of the molecule is COC/C=C\C(C)C. The number of methoxy groups -OCH3 is 1. The van der Waals surface area contributed by atoms with Crippen LogP contribution in [0.1, 0.15) is 13.8 Å². The zero-order chi connectivity index (χ0) is 6.41. The maximum atomic E-state index is 4.81. The molecule has 0 aliphatic heterocycles. The van der Waals surface area contributed by atoms with Crippen LogP contribution in [0.5, 0.6) is 0 Å². The molecule has 0 unspecified atom stereocenters. The fourth-order valence-corrected chi connectivity index (χ4v) is 0.424. The van der Waals surface area contributed by atoms with Crippen molar-refractivity contribution in [3.05, 3.63) is 12.2 Å². The molecule has 0 spiro atoms. The predicted molar refractivity (Wildman–Crippen MR) is 35.9 cm³/mol. The molecule has 0 amide bonds. The first-order valence-electron chi connectivity index (χ1n) is 2.93. The molecular weight excluding hydrogens is 100 g/mol. The lowest BCUT2D eigenvalue weighted by Gasteiger charge is -1.91. The van der Waals surface area contributed by atoms with Crippen LogP contribution in [0.2, 0.25) is 0 Å². The second-order valence-corrected chi connectivity index (χ2v) is 2.13. The first-order valence-corrected chi connectivity index (χ1v) is 2.93. The molecule has 0 fully saturated rings. The van der Waals surface area contributed by atoms with Crippen molar-refractivity contribution in [3.63, 3.8) is 0 Å². The van der Waals surface area contributed by atoms with Gasteiger partial charge in [0.2, 0.25) is 0 Å². The van der Waals surface area contributed by atoms with Crippen molar-refractivity contribution in [1.82, 2.24) is 0 Å². The van der Waals surface area contributed by atoms with Crippen molar-refractivity contribution >= 4 is 0 Å². The summed E-state index contributed by atoms with van der Waals surface area (Å²) in [6.07, 6.45) is 4.16. The summed E-state index contributed by atoms with van der Waals surface area (Å²) >= 11 is 0. The Morgan fingerprint density at radius 1 is 1.50 bits per heavy atom. The fraction of sp³-hybridized carbons (Fsp3) is 0.714. The van der Waals surface area contributed by atoms with Crippen molar-refractivity contribution < 1.29 is 4.74 Å². The minimum absolute atomic E-state index is 0.644. The van der Waals surface area contributed by atoms with Crippen LogP contribution in [0.15, 0.2) is 12.2 Å². The Bertz CT molecular complexity index is 64.8. The summed E-state index contributed by atoms with van der Waals surface area (Å²) < 4.78 is 4.81.